The molecule has 1 aromatic carbocycles. The van der Waals surface area contributed by atoms with Crippen LogP contribution in [0.2, 0.25) is 0 Å². The van der Waals surface area contributed by atoms with Crippen molar-refractivity contribution in [2.45, 2.75) is 63.6 Å². The molecular weight excluding hydrogens is 445 g/mol. The first kappa shape index (κ1) is 22.7. The summed E-state index contributed by atoms with van der Waals surface area (Å²) >= 11 is 0. The smallest absolute Gasteiger partial charge is 0.270 e. The Morgan fingerprint density at radius 3 is 2.63 bits per heavy atom. The summed E-state index contributed by atoms with van der Waals surface area (Å²) in [4.78, 5) is 26.5. The summed E-state index contributed by atoms with van der Waals surface area (Å²) in [5.41, 5.74) is 1.39. The number of carbonyl (C=O) groups excluding carboxylic acids is 1. The molecule has 5 fully saturated rings. The number of piperazine rings is 1. The Kier molecular flexibility index (Phi) is 5.47. The molecular formula is C27H34FN5O2. The number of aliphatic hydroxyl groups is 1. The first-order chi connectivity index (χ1) is 16.8. The molecule has 1 amide bonds. The van der Waals surface area contributed by atoms with E-state index in [4.69, 9.17) is 0 Å². The fourth-order valence-corrected chi connectivity index (χ4v) is 7.40. The highest BCUT2D eigenvalue weighted by molar-refractivity contribution is 5.92. The van der Waals surface area contributed by atoms with Gasteiger partial charge in [0.15, 0.2) is 0 Å². The van der Waals surface area contributed by atoms with Crippen LogP contribution in [-0.2, 0) is 0 Å². The lowest BCUT2D eigenvalue weighted by atomic mass is 9.52. The standard InChI is InChI=1S/C27H34FN5O2/c1-16-3-4-23(21(28)9-16)32-7-8-33(17(2)15-32)26-29-6-5-22(30-26)25(34)31-24-19-10-18-11-20(24)14-27(35,12-18)13-19/h3-6,9,17-20,24,35H,7-8,10-15H2,1-2H3,(H,31,34)/t17-,18?,19?,20?,24-,27-/m0/s1. The van der Waals surface area contributed by atoms with Crippen LogP contribution in [0.5, 0.6) is 0 Å². The number of nitrogens with zero attached hydrogens (tertiary/aromatic N) is 4. The Morgan fingerprint density at radius 2 is 1.94 bits per heavy atom. The van der Waals surface area contributed by atoms with Crippen LogP contribution >= 0.6 is 0 Å². The van der Waals surface area contributed by atoms with Crippen molar-refractivity contribution >= 4 is 17.5 Å². The molecule has 1 aromatic heterocycles. The van der Waals surface area contributed by atoms with Gasteiger partial charge in [0.05, 0.1) is 11.3 Å². The monoisotopic (exact) mass is 479 g/mol. The van der Waals surface area contributed by atoms with Crippen LogP contribution in [0.25, 0.3) is 0 Å². The number of hydrogen-bond acceptors (Lipinski definition) is 6. The second-order valence-electron chi connectivity index (χ2n) is 11.4. The quantitative estimate of drug-likeness (QED) is 0.700. The van der Waals surface area contributed by atoms with Crippen LogP contribution in [0.15, 0.2) is 30.5 Å². The molecule has 4 aliphatic carbocycles. The van der Waals surface area contributed by atoms with E-state index in [0.717, 1.165) is 37.7 Å². The molecule has 0 spiro atoms. The van der Waals surface area contributed by atoms with Crippen molar-refractivity contribution < 1.29 is 14.3 Å². The molecule has 4 bridgehead atoms. The molecule has 2 N–H and O–H groups in total. The number of amides is 1. The maximum Gasteiger partial charge on any atom is 0.270 e. The molecule has 2 unspecified atom stereocenters. The number of aromatic nitrogens is 2. The number of anilines is 2. The molecule has 8 heteroatoms. The number of halogens is 1. The van der Waals surface area contributed by atoms with E-state index in [9.17, 15) is 14.3 Å². The van der Waals surface area contributed by atoms with Crippen LogP contribution < -0.4 is 15.1 Å². The van der Waals surface area contributed by atoms with Gasteiger partial charge in [0.25, 0.3) is 5.91 Å². The first-order valence-electron chi connectivity index (χ1n) is 12.9. The highest BCUT2D eigenvalue weighted by Crippen LogP contribution is 2.55. The van der Waals surface area contributed by atoms with E-state index < -0.39 is 5.60 Å². The van der Waals surface area contributed by atoms with Gasteiger partial charge in [-0.3, -0.25) is 4.79 Å². The molecule has 5 aliphatic rings. The number of hydrogen-bond donors (Lipinski definition) is 2. The molecule has 7 nitrogen and oxygen atoms in total. The van der Waals surface area contributed by atoms with Crippen LogP contribution in [-0.4, -0.2) is 58.3 Å². The highest BCUT2D eigenvalue weighted by atomic mass is 19.1. The number of benzene rings is 1. The lowest BCUT2D eigenvalue weighted by Gasteiger charge is -2.58. The van der Waals surface area contributed by atoms with Gasteiger partial charge in [0.2, 0.25) is 5.95 Å². The van der Waals surface area contributed by atoms with E-state index in [1.54, 1.807) is 18.3 Å². The number of carbonyl (C=O) groups is 1. The van der Waals surface area contributed by atoms with Crippen molar-refractivity contribution in [1.82, 2.24) is 15.3 Å². The predicted molar refractivity (Wildman–Crippen MR) is 132 cm³/mol. The second-order valence-corrected chi connectivity index (χ2v) is 11.4. The van der Waals surface area contributed by atoms with Crippen molar-refractivity contribution in [3.63, 3.8) is 0 Å². The minimum absolute atomic E-state index is 0.0629. The molecule has 186 valence electrons. The Morgan fingerprint density at radius 1 is 1.17 bits per heavy atom. The van der Waals surface area contributed by atoms with Crippen LogP contribution in [0.3, 0.4) is 0 Å². The van der Waals surface area contributed by atoms with E-state index in [1.807, 2.05) is 19.1 Å². The van der Waals surface area contributed by atoms with Crippen molar-refractivity contribution in [2.24, 2.45) is 17.8 Å². The lowest BCUT2D eigenvalue weighted by molar-refractivity contribution is -0.136. The summed E-state index contributed by atoms with van der Waals surface area (Å²) in [6, 6.07) is 7.20. The second kappa shape index (κ2) is 8.43. The molecule has 1 saturated heterocycles. The van der Waals surface area contributed by atoms with Crippen molar-refractivity contribution in [3.05, 3.63) is 47.5 Å². The Bertz CT molecular complexity index is 1130. The van der Waals surface area contributed by atoms with Gasteiger partial charge in [-0.1, -0.05) is 6.07 Å². The SMILES string of the molecule is Cc1ccc(N2CCN(c3nccc(C(=O)N[C@H]4C5CC6CC4C[C@](O)(C6)C5)n3)[C@@H](C)C2)c(F)c1. The van der Waals surface area contributed by atoms with Gasteiger partial charge in [-0.2, -0.15) is 0 Å². The highest BCUT2D eigenvalue weighted by Gasteiger charge is 2.55. The molecule has 3 atom stereocenters. The molecule has 35 heavy (non-hydrogen) atoms. The normalized spacial score (nSPS) is 33.8. The molecule has 1 aliphatic heterocycles. The molecule has 2 heterocycles. The van der Waals surface area contributed by atoms with Gasteiger partial charge in [-0.05, 0) is 87.5 Å². The zero-order valence-corrected chi connectivity index (χ0v) is 20.5. The van der Waals surface area contributed by atoms with Gasteiger partial charge in [0.1, 0.15) is 11.5 Å². The summed E-state index contributed by atoms with van der Waals surface area (Å²) in [7, 11) is 0. The van der Waals surface area contributed by atoms with Gasteiger partial charge < -0.3 is 20.2 Å². The minimum atomic E-state index is -0.514. The van der Waals surface area contributed by atoms with E-state index >= 15 is 0 Å². The Labute approximate surface area is 205 Å². The summed E-state index contributed by atoms with van der Waals surface area (Å²) in [6.45, 7) is 5.91. The molecule has 2 aromatic rings. The number of aryl methyl sites for hydroxylation is 1. The fourth-order valence-electron chi connectivity index (χ4n) is 7.40. The van der Waals surface area contributed by atoms with Crippen LogP contribution in [0, 0.1) is 30.5 Å². The topological polar surface area (TPSA) is 81.6 Å². The predicted octanol–water partition coefficient (Wildman–Crippen LogP) is 3.31. The van der Waals surface area contributed by atoms with Crippen LogP contribution in [0.4, 0.5) is 16.0 Å². The number of nitrogens with one attached hydrogen (secondary N) is 1. The van der Waals surface area contributed by atoms with Crippen molar-refractivity contribution in [2.75, 3.05) is 29.4 Å². The maximum atomic E-state index is 14.5. The zero-order valence-electron chi connectivity index (χ0n) is 20.5. The molecule has 4 saturated carbocycles. The van der Waals surface area contributed by atoms with Gasteiger partial charge in [0, 0.05) is 37.9 Å². The number of rotatable bonds is 4. The summed E-state index contributed by atoms with van der Waals surface area (Å²) in [6.07, 6.45) is 6.37. The van der Waals surface area contributed by atoms with Gasteiger partial charge in [-0.25, -0.2) is 14.4 Å². The van der Waals surface area contributed by atoms with E-state index in [1.165, 1.54) is 0 Å². The lowest BCUT2D eigenvalue weighted by Crippen LogP contribution is -2.61. The van der Waals surface area contributed by atoms with Crippen LogP contribution in [0.1, 0.15) is 55.1 Å². The average molecular weight is 480 g/mol. The summed E-state index contributed by atoms with van der Waals surface area (Å²) < 4.78 is 14.5. The van der Waals surface area contributed by atoms with E-state index in [-0.39, 0.29) is 23.8 Å². The fraction of sp³-hybridized carbons (Fsp3) is 0.593. The largest absolute Gasteiger partial charge is 0.390 e. The summed E-state index contributed by atoms with van der Waals surface area (Å²) in [5.74, 6) is 1.49. The van der Waals surface area contributed by atoms with Crippen molar-refractivity contribution in [3.8, 4) is 0 Å². The third kappa shape index (κ3) is 4.15. The maximum absolute atomic E-state index is 14.5. The van der Waals surface area contributed by atoms with Gasteiger partial charge in [-0.15, -0.1) is 0 Å². The zero-order chi connectivity index (χ0) is 24.3. The minimum Gasteiger partial charge on any atom is -0.390 e. The first-order valence-corrected chi connectivity index (χ1v) is 12.9. The average Bonchev–Trinajstić information content (AvgIpc) is 2.80. The summed E-state index contributed by atoms with van der Waals surface area (Å²) in [5, 5.41) is 14.1. The molecule has 7 rings (SSSR count). The Hall–Kier alpha value is -2.74. The van der Waals surface area contributed by atoms with E-state index in [0.29, 0.717) is 54.7 Å². The third-order valence-corrected chi connectivity index (χ3v) is 8.74. The van der Waals surface area contributed by atoms with Crippen molar-refractivity contribution in [1.29, 1.82) is 0 Å². The van der Waals surface area contributed by atoms with Gasteiger partial charge >= 0.3 is 0 Å². The third-order valence-electron chi connectivity index (χ3n) is 8.74. The van der Waals surface area contributed by atoms with E-state index in [2.05, 4.69) is 32.0 Å². The Balaban J connectivity index is 1.13. The molecule has 0 radical (unpaired) electrons.